The normalized spacial score (nSPS) is 31.4. The molecule has 0 aromatic rings. The van der Waals surface area contributed by atoms with E-state index in [1.54, 1.807) is 14.0 Å². The van der Waals surface area contributed by atoms with E-state index in [0.717, 1.165) is 19.4 Å². The molecule has 148 valence electrons. The van der Waals surface area contributed by atoms with E-state index >= 15 is 0 Å². The predicted molar refractivity (Wildman–Crippen MR) is 101 cm³/mol. The molecule has 0 aromatic heterocycles. The van der Waals surface area contributed by atoms with Gasteiger partial charge in [-0.05, 0) is 63.5 Å². The number of carbonyl (C=O) groups is 2. The van der Waals surface area contributed by atoms with Crippen molar-refractivity contribution in [1.82, 2.24) is 15.1 Å². The van der Waals surface area contributed by atoms with Crippen molar-refractivity contribution in [2.24, 2.45) is 11.8 Å². The zero-order valence-corrected chi connectivity index (χ0v) is 16.4. The number of ether oxygens (including phenoxy) is 1. The van der Waals surface area contributed by atoms with Gasteiger partial charge in [-0.1, -0.05) is 0 Å². The number of hydrogen-bond donors (Lipinski definition) is 1. The second kappa shape index (κ2) is 9.18. The molecule has 3 saturated heterocycles. The van der Waals surface area contributed by atoms with Gasteiger partial charge in [0.1, 0.15) is 0 Å². The number of likely N-dealkylation sites (tertiary alicyclic amines) is 1. The molecule has 0 spiro atoms. The molecule has 3 aliphatic heterocycles. The van der Waals surface area contributed by atoms with Crippen molar-refractivity contribution in [2.45, 2.75) is 64.0 Å². The Bertz CT molecular complexity index is 497. The van der Waals surface area contributed by atoms with E-state index in [9.17, 15) is 9.59 Å². The lowest BCUT2D eigenvalue weighted by atomic mass is 9.69. The SMILES string of the molecule is COCCNC(=O)CCC[C@@H]1[C@H]2CCCN3CCC[C@@H](CN1C(C)=O)[C@@H]23. The number of nitrogens with zero attached hydrogens (tertiary/aromatic N) is 2. The first-order chi connectivity index (χ1) is 12.6. The fourth-order valence-corrected chi connectivity index (χ4v) is 5.58. The van der Waals surface area contributed by atoms with E-state index in [2.05, 4.69) is 15.1 Å². The Kier molecular flexibility index (Phi) is 6.92. The van der Waals surface area contributed by atoms with Crippen LogP contribution in [-0.2, 0) is 14.3 Å². The van der Waals surface area contributed by atoms with Gasteiger partial charge in [0.15, 0.2) is 0 Å². The predicted octanol–water partition coefficient (Wildman–Crippen LogP) is 1.64. The molecule has 6 heteroatoms. The standard InChI is InChI=1S/C20H35N3O3/c1-15(24)23-14-16-6-4-11-22-12-5-7-17(20(16)22)18(23)8-3-9-19(25)21-10-13-26-2/h16-18,20H,3-14H2,1-2H3,(H,21,25)/t16-,17+,18+,20-/m0/s1. The number of nitrogens with one attached hydrogen (secondary N) is 1. The maximum Gasteiger partial charge on any atom is 0.220 e. The van der Waals surface area contributed by atoms with Crippen molar-refractivity contribution in [1.29, 1.82) is 0 Å². The zero-order chi connectivity index (χ0) is 18.5. The monoisotopic (exact) mass is 365 g/mol. The minimum absolute atomic E-state index is 0.0908. The first-order valence-corrected chi connectivity index (χ1v) is 10.4. The van der Waals surface area contributed by atoms with Crippen LogP contribution in [0.25, 0.3) is 0 Å². The van der Waals surface area contributed by atoms with Crippen molar-refractivity contribution in [3.63, 3.8) is 0 Å². The highest BCUT2D eigenvalue weighted by Crippen LogP contribution is 2.43. The quantitative estimate of drug-likeness (QED) is 0.697. The van der Waals surface area contributed by atoms with Gasteiger partial charge >= 0.3 is 0 Å². The molecule has 2 amide bonds. The van der Waals surface area contributed by atoms with Crippen LogP contribution in [0.4, 0.5) is 0 Å². The lowest BCUT2D eigenvalue weighted by Crippen LogP contribution is -2.65. The van der Waals surface area contributed by atoms with Gasteiger partial charge in [0.05, 0.1) is 6.61 Å². The van der Waals surface area contributed by atoms with Gasteiger partial charge in [0, 0.05) is 45.6 Å². The summed E-state index contributed by atoms with van der Waals surface area (Å²) in [5, 5.41) is 2.89. The zero-order valence-electron chi connectivity index (χ0n) is 16.4. The molecule has 0 aromatic carbocycles. The van der Waals surface area contributed by atoms with Crippen molar-refractivity contribution in [2.75, 3.05) is 39.9 Å². The molecular weight excluding hydrogens is 330 g/mol. The summed E-state index contributed by atoms with van der Waals surface area (Å²) in [6.07, 6.45) is 7.33. The number of hydrogen-bond acceptors (Lipinski definition) is 4. The highest BCUT2D eigenvalue weighted by atomic mass is 16.5. The Morgan fingerprint density at radius 2 is 1.96 bits per heavy atom. The third-order valence-electron chi connectivity index (χ3n) is 6.61. The van der Waals surface area contributed by atoms with Gasteiger partial charge in [-0.2, -0.15) is 0 Å². The molecule has 0 unspecified atom stereocenters. The minimum atomic E-state index is 0.0908. The lowest BCUT2D eigenvalue weighted by molar-refractivity contribution is -0.144. The summed E-state index contributed by atoms with van der Waals surface area (Å²) in [6.45, 7) is 6.21. The first kappa shape index (κ1) is 19.6. The molecule has 3 aliphatic rings. The van der Waals surface area contributed by atoms with Crippen LogP contribution in [0.15, 0.2) is 0 Å². The molecule has 0 aliphatic carbocycles. The van der Waals surface area contributed by atoms with E-state index in [-0.39, 0.29) is 11.8 Å². The van der Waals surface area contributed by atoms with Gasteiger partial charge in [0.2, 0.25) is 11.8 Å². The number of rotatable bonds is 7. The molecule has 3 fully saturated rings. The van der Waals surface area contributed by atoms with Crippen LogP contribution in [0.2, 0.25) is 0 Å². The summed E-state index contributed by atoms with van der Waals surface area (Å²) in [5.41, 5.74) is 0. The number of carbonyl (C=O) groups excluding carboxylic acids is 2. The van der Waals surface area contributed by atoms with Crippen LogP contribution in [0.5, 0.6) is 0 Å². The highest BCUT2D eigenvalue weighted by molar-refractivity contribution is 5.76. The average Bonchev–Trinajstić information content (AvgIpc) is 2.63. The molecule has 0 bridgehead atoms. The molecule has 26 heavy (non-hydrogen) atoms. The van der Waals surface area contributed by atoms with Crippen molar-refractivity contribution in [3.05, 3.63) is 0 Å². The maximum atomic E-state index is 12.3. The highest BCUT2D eigenvalue weighted by Gasteiger charge is 2.48. The third kappa shape index (κ3) is 4.39. The average molecular weight is 366 g/mol. The van der Waals surface area contributed by atoms with Crippen LogP contribution in [0.1, 0.15) is 51.9 Å². The molecule has 4 atom stereocenters. The van der Waals surface area contributed by atoms with E-state index in [4.69, 9.17) is 4.74 Å². The largest absolute Gasteiger partial charge is 0.383 e. The molecule has 0 radical (unpaired) electrons. The summed E-state index contributed by atoms with van der Waals surface area (Å²) >= 11 is 0. The molecular formula is C20H35N3O3. The Balaban J connectivity index is 1.59. The summed E-state index contributed by atoms with van der Waals surface area (Å²) in [4.78, 5) is 29.1. The Labute approximate surface area is 157 Å². The van der Waals surface area contributed by atoms with Crippen LogP contribution in [0, 0.1) is 11.8 Å². The fraction of sp³-hybridized carbons (Fsp3) is 0.900. The molecule has 1 N–H and O–H groups in total. The third-order valence-corrected chi connectivity index (χ3v) is 6.61. The molecule has 6 nitrogen and oxygen atoms in total. The molecule has 0 saturated carbocycles. The number of piperidine rings is 3. The van der Waals surface area contributed by atoms with E-state index in [0.29, 0.717) is 43.5 Å². The Morgan fingerprint density at radius 3 is 2.69 bits per heavy atom. The molecule has 3 rings (SSSR count). The van der Waals surface area contributed by atoms with Gasteiger partial charge in [-0.3, -0.25) is 14.5 Å². The maximum absolute atomic E-state index is 12.3. The van der Waals surface area contributed by atoms with Crippen LogP contribution < -0.4 is 5.32 Å². The van der Waals surface area contributed by atoms with Crippen molar-refractivity contribution >= 4 is 11.8 Å². The summed E-state index contributed by atoms with van der Waals surface area (Å²) in [5.74, 6) is 1.53. The summed E-state index contributed by atoms with van der Waals surface area (Å²) in [6, 6.07) is 0.968. The van der Waals surface area contributed by atoms with Crippen molar-refractivity contribution < 1.29 is 14.3 Å². The van der Waals surface area contributed by atoms with Gasteiger partial charge in [-0.15, -0.1) is 0 Å². The lowest BCUT2D eigenvalue weighted by Gasteiger charge is -2.57. The molecule has 3 heterocycles. The first-order valence-electron chi connectivity index (χ1n) is 10.4. The van der Waals surface area contributed by atoms with E-state index < -0.39 is 0 Å². The van der Waals surface area contributed by atoms with Crippen molar-refractivity contribution in [3.8, 4) is 0 Å². The fourth-order valence-electron chi connectivity index (χ4n) is 5.58. The van der Waals surface area contributed by atoms with Gasteiger partial charge in [-0.25, -0.2) is 0 Å². The van der Waals surface area contributed by atoms with E-state index in [1.807, 2.05) is 0 Å². The second-order valence-electron chi connectivity index (χ2n) is 8.21. The smallest absolute Gasteiger partial charge is 0.220 e. The van der Waals surface area contributed by atoms with Crippen LogP contribution in [-0.4, -0.2) is 73.6 Å². The second-order valence-corrected chi connectivity index (χ2v) is 8.21. The summed E-state index contributed by atoms with van der Waals surface area (Å²) in [7, 11) is 1.64. The summed E-state index contributed by atoms with van der Waals surface area (Å²) < 4.78 is 4.96. The minimum Gasteiger partial charge on any atom is -0.383 e. The van der Waals surface area contributed by atoms with Gasteiger partial charge in [0.25, 0.3) is 0 Å². The Morgan fingerprint density at radius 1 is 1.19 bits per heavy atom. The van der Waals surface area contributed by atoms with Crippen LogP contribution >= 0.6 is 0 Å². The van der Waals surface area contributed by atoms with Gasteiger partial charge < -0.3 is 15.0 Å². The number of amides is 2. The van der Waals surface area contributed by atoms with Crippen LogP contribution in [0.3, 0.4) is 0 Å². The topological polar surface area (TPSA) is 61.9 Å². The Hall–Kier alpha value is -1.14. The number of methoxy groups -OCH3 is 1. The van der Waals surface area contributed by atoms with E-state index in [1.165, 1.54) is 38.8 Å².